The second-order valence-corrected chi connectivity index (χ2v) is 10.00. The fourth-order valence-electron chi connectivity index (χ4n) is 3.82. The van der Waals surface area contributed by atoms with Gasteiger partial charge in [-0.2, -0.15) is 4.31 Å². The molecule has 2 fully saturated rings. The predicted octanol–water partition coefficient (Wildman–Crippen LogP) is 1.55. The van der Waals surface area contributed by atoms with E-state index in [0.29, 0.717) is 19.1 Å². The van der Waals surface area contributed by atoms with Gasteiger partial charge in [0, 0.05) is 51.5 Å². The lowest BCUT2D eigenvalue weighted by molar-refractivity contribution is 0.144. The number of likely N-dealkylation sites (N-methyl/N-ethyl adjacent to an activating group) is 1. The average molecular weight is 396 g/mol. The van der Waals surface area contributed by atoms with Crippen molar-refractivity contribution >= 4 is 15.8 Å². The van der Waals surface area contributed by atoms with Crippen molar-refractivity contribution in [2.45, 2.75) is 37.6 Å². The van der Waals surface area contributed by atoms with E-state index in [1.807, 2.05) is 7.05 Å². The van der Waals surface area contributed by atoms with Crippen LogP contribution in [-0.4, -0.2) is 86.4 Å². The minimum atomic E-state index is -3.45. The molecule has 1 N–H and O–H groups in total. The Bertz CT molecular complexity index is 701. The van der Waals surface area contributed by atoms with Crippen LogP contribution >= 0.6 is 0 Å². The zero-order valence-corrected chi connectivity index (χ0v) is 17.6. The number of anilines is 1. The normalized spacial score (nSPS) is 24.6. The van der Waals surface area contributed by atoms with Crippen molar-refractivity contribution in [3.05, 3.63) is 18.3 Å². The monoisotopic (exact) mass is 395 g/mol. The number of sulfonamides is 1. The number of rotatable bonds is 6. The van der Waals surface area contributed by atoms with Gasteiger partial charge >= 0.3 is 0 Å². The van der Waals surface area contributed by atoms with Crippen LogP contribution in [0.1, 0.15) is 26.7 Å². The number of piperazine rings is 1. The predicted molar refractivity (Wildman–Crippen MR) is 108 cm³/mol. The molecule has 2 atom stereocenters. The molecule has 27 heavy (non-hydrogen) atoms. The van der Waals surface area contributed by atoms with Gasteiger partial charge in [-0.15, -0.1) is 0 Å². The van der Waals surface area contributed by atoms with Crippen molar-refractivity contribution in [2.75, 3.05) is 58.2 Å². The van der Waals surface area contributed by atoms with E-state index in [1.165, 1.54) is 19.0 Å². The number of aromatic nitrogens is 1. The fourth-order valence-corrected chi connectivity index (χ4v) is 5.19. The first kappa shape index (κ1) is 20.5. The highest BCUT2D eigenvalue weighted by Gasteiger charge is 2.27. The summed E-state index contributed by atoms with van der Waals surface area (Å²) in [7, 11) is -1.44. The number of piperidine rings is 1. The minimum absolute atomic E-state index is 0.274. The van der Waals surface area contributed by atoms with Crippen LogP contribution in [0.5, 0.6) is 0 Å². The lowest BCUT2D eigenvalue weighted by Crippen LogP contribution is -2.47. The van der Waals surface area contributed by atoms with Gasteiger partial charge in [-0.25, -0.2) is 13.4 Å². The highest BCUT2D eigenvalue weighted by atomic mass is 32.2. The van der Waals surface area contributed by atoms with Crippen LogP contribution in [-0.2, 0) is 10.0 Å². The second-order valence-electron chi connectivity index (χ2n) is 8.06. The number of hydrogen-bond acceptors (Lipinski definition) is 6. The maximum Gasteiger partial charge on any atom is 0.244 e. The van der Waals surface area contributed by atoms with E-state index in [0.717, 1.165) is 44.5 Å². The summed E-state index contributed by atoms with van der Waals surface area (Å²) in [5, 5.41) is 3.35. The van der Waals surface area contributed by atoms with Gasteiger partial charge in [-0.05, 0) is 51.4 Å². The topological polar surface area (TPSA) is 68.8 Å². The summed E-state index contributed by atoms with van der Waals surface area (Å²) in [6, 6.07) is 3.87. The van der Waals surface area contributed by atoms with Crippen LogP contribution in [0.3, 0.4) is 0 Å². The fraction of sp³-hybridized carbons (Fsp3) is 0.737. The van der Waals surface area contributed by atoms with Gasteiger partial charge in [-0.1, -0.05) is 6.92 Å². The van der Waals surface area contributed by atoms with E-state index >= 15 is 0 Å². The molecule has 2 aliphatic heterocycles. The molecule has 0 amide bonds. The lowest BCUT2D eigenvalue weighted by Gasteiger charge is -2.35. The number of likely N-dealkylation sites (tertiary alicyclic amines) is 1. The van der Waals surface area contributed by atoms with E-state index in [4.69, 9.17) is 0 Å². The van der Waals surface area contributed by atoms with Crippen molar-refractivity contribution in [3.63, 3.8) is 0 Å². The molecule has 1 aromatic heterocycles. The van der Waals surface area contributed by atoms with Gasteiger partial charge in [0.2, 0.25) is 10.0 Å². The molecule has 0 saturated carbocycles. The molecular weight excluding hydrogens is 362 g/mol. The number of nitrogens with zero attached hydrogens (tertiary/aromatic N) is 4. The number of pyridine rings is 1. The summed E-state index contributed by atoms with van der Waals surface area (Å²) in [5.74, 6) is 1.49. The molecule has 0 spiro atoms. The third kappa shape index (κ3) is 5.19. The van der Waals surface area contributed by atoms with Gasteiger partial charge in [-0.3, -0.25) is 4.90 Å². The SMILES string of the molecule is CC1CCCN(C(C)CNc2ccc(S(=O)(=O)N3CCN(C)CC3)cn2)C1. The van der Waals surface area contributed by atoms with Crippen LogP contribution in [0.2, 0.25) is 0 Å². The Morgan fingerprint density at radius 3 is 2.59 bits per heavy atom. The summed E-state index contributed by atoms with van der Waals surface area (Å²) in [4.78, 5) is 9.28. The smallest absolute Gasteiger partial charge is 0.244 e. The van der Waals surface area contributed by atoms with Gasteiger partial charge in [0.25, 0.3) is 0 Å². The van der Waals surface area contributed by atoms with Crippen molar-refractivity contribution in [2.24, 2.45) is 5.92 Å². The summed E-state index contributed by atoms with van der Waals surface area (Å²) in [6.45, 7) is 10.3. The molecule has 2 saturated heterocycles. The summed E-state index contributed by atoms with van der Waals surface area (Å²) in [5.41, 5.74) is 0. The van der Waals surface area contributed by atoms with Gasteiger partial charge in [0.1, 0.15) is 10.7 Å². The van der Waals surface area contributed by atoms with E-state index in [-0.39, 0.29) is 4.90 Å². The molecule has 0 aromatic carbocycles. The van der Waals surface area contributed by atoms with E-state index < -0.39 is 10.0 Å². The second kappa shape index (κ2) is 8.86. The summed E-state index contributed by atoms with van der Waals surface area (Å²) >= 11 is 0. The maximum absolute atomic E-state index is 12.7. The maximum atomic E-state index is 12.7. The quantitative estimate of drug-likeness (QED) is 0.788. The molecule has 2 unspecified atom stereocenters. The zero-order valence-electron chi connectivity index (χ0n) is 16.8. The molecule has 3 heterocycles. The van der Waals surface area contributed by atoms with Crippen LogP contribution in [0.15, 0.2) is 23.2 Å². The first-order chi connectivity index (χ1) is 12.9. The number of hydrogen-bond donors (Lipinski definition) is 1. The zero-order chi connectivity index (χ0) is 19.4. The third-order valence-corrected chi connectivity index (χ3v) is 7.61. The Balaban J connectivity index is 1.55. The lowest BCUT2D eigenvalue weighted by atomic mass is 9.99. The van der Waals surface area contributed by atoms with Gasteiger partial charge in [0.15, 0.2) is 0 Å². The Labute approximate surface area is 163 Å². The molecule has 0 bridgehead atoms. The molecule has 0 radical (unpaired) electrons. The van der Waals surface area contributed by atoms with E-state index in [9.17, 15) is 8.42 Å². The van der Waals surface area contributed by atoms with Crippen molar-refractivity contribution in [1.82, 2.24) is 19.1 Å². The third-order valence-electron chi connectivity index (χ3n) is 5.73. The van der Waals surface area contributed by atoms with Crippen molar-refractivity contribution < 1.29 is 8.42 Å². The minimum Gasteiger partial charge on any atom is -0.369 e. The van der Waals surface area contributed by atoms with Gasteiger partial charge < -0.3 is 10.2 Å². The average Bonchev–Trinajstić information content (AvgIpc) is 2.67. The largest absolute Gasteiger partial charge is 0.369 e. The van der Waals surface area contributed by atoms with E-state index in [1.54, 1.807) is 16.4 Å². The molecule has 2 aliphatic rings. The highest BCUT2D eigenvalue weighted by Crippen LogP contribution is 2.19. The summed E-state index contributed by atoms with van der Waals surface area (Å²) < 4.78 is 27.1. The number of nitrogens with one attached hydrogen (secondary N) is 1. The van der Waals surface area contributed by atoms with Gasteiger partial charge in [0.05, 0.1) is 0 Å². The highest BCUT2D eigenvalue weighted by molar-refractivity contribution is 7.89. The molecule has 8 heteroatoms. The Morgan fingerprint density at radius 2 is 1.96 bits per heavy atom. The van der Waals surface area contributed by atoms with Crippen molar-refractivity contribution in [1.29, 1.82) is 0 Å². The van der Waals surface area contributed by atoms with Crippen LogP contribution in [0, 0.1) is 5.92 Å². The molecule has 7 nitrogen and oxygen atoms in total. The Hall–Kier alpha value is -1.22. The summed E-state index contributed by atoms with van der Waals surface area (Å²) in [6.07, 6.45) is 4.06. The molecule has 1 aromatic rings. The van der Waals surface area contributed by atoms with Crippen LogP contribution in [0.25, 0.3) is 0 Å². The Kier molecular flexibility index (Phi) is 6.73. The van der Waals surface area contributed by atoms with E-state index in [2.05, 4.69) is 33.9 Å². The van der Waals surface area contributed by atoms with Crippen molar-refractivity contribution in [3.8, 4) is 0 Å². The van der Waals surface area contributed by atoms with Crippen LogP contribution < -0.4 is 5.32 Å². The Morgan fingerprint density at radius 1 is 1.22 bits per heavy atom. The molecule has 3 rings (SSSR count). The molecular formula is C19H33N5O2S. The standard InChI is InChI=1S/C19H33N5O2S/c1-16-5-4-8-23(15-16)17(2)13-20-19-7-6-18(14-21-19)27(25,26)24-11-9-22(3)10-12-24/h6-7,14,16-17H,4-5,8-13,15H2,1-3H3,(H,20,21). The molecule has 0 aliphatic carbocycles. The first-order valence-electron chi connectivity index (χ1n) is 9.99. The molecule has 152 valence electrons. The van der Waals surface area contributed by atoms with Crippen LogP contribution in [0.4, 0.5) is 5.82 Å². The first-order valence-corrected chi connectivity index (χ1v) is 11.4.